The molecule has 0 radical (unpaired) electrons. The van der Waals surface area contributed by atoms with E-state index in [4.69, 9.17) is 23.2 Å². The molecule has 2 unspecified atom stereocenters. The van der Waals surface area contributed by atoms with Crippen LogP contribution in [0.25, 0.3) is 0 Å². The maximum absolute atomic E-state index is 11.8. The van der Waals surface area contributed by atoms with Gasteiger partial charge in [0.25, 0.3) is 0 Å². The van der Waals surface area contributed by atoms with E-state index in [-0.39, 0.29) is 11.2 Å². The van der Waals surface area contributed by atoms with Crippen molar-refractivity contribution in [3.63, 3.8) is 0 Å². The summed E-state index contributed by atoms with van der Waals surface area (Å²) in [4.78, 5) is 0. The zero-order chi connectivity index (χ0) is 9.22. The summed E-state index contributed by atoms with van der Waals surface area (Å²) in [6, 6.07) is 0. The summed E-state index contributed by atoms with van der Waals surface area (Å²) >= 11 is 13.8. The topological polar surface area (TPSA) is 17.1 Å². The van der Waals surface area contributed by atoms with E-state index in [9.17, 15) is 4.21 Å². The summed E-state index contributed by atoms with van der Waals surface area (Å²) in [6.07, 6.45) is 5.80. The van der Waals surface area contributed by atoms with Crippen molar-refractivity contribution in [3.8, 4) is 0 Å². The van der Waals surface area contributed by atoms with Gasteiger partial charge in [-0.3, -0.25) is 4.21 Å². The summed E-state index contributed by atoms with van der Waals surface area (Å²) in [7, 11) is -0.960. The van der Waals surface area contributed by atoms with Gasteiger partial charge in [-0.05, 0) is 0 Å². The van der Waals surface area contributed by atoms with Gasteiger partial charge in [0, 0.05) is 11.2 Å². The second kappa shape index (κ2) is 2.57. The van der Waals surface area contributed by atoms with Crippen LogP contribution in [0.4, 0.5) is 0 Å². The van der Waals surface area contributed by atoms with Gasteiger partial charge < -0.3 is 0 Å². The number of hydrogen-bond donors (Lipinski definition) is 0. The van der Waals surface area contributed by atoms with Gasteiger partial charge in [-0.2, -0.15) is 0 Å². The van der Waals surface area contributed by atoms with Crippen molar-refractivity contribution in [2.24, 2.45) is 5.92 Å². The smallest absolute Gasteiger partial charge is 0.145 e. The van der Waals surface area contributed by atoms with Crippen molar-refractivity contribution < 1.29 is 4.21 Å². The summed E-state index contributed by atoms with van der Waals surface area (Å²) in [5.74, 6) is 0.155. The van der Waals surface area contributed by atoms with Crippen molar-refractivity contribution in [2.75, 3.05) is 0 Å². The van der Waals surface area contributed by atoms with Crippen LogP contribution in [0.3, 0.4) is 0 Å². The summed E-state index contributed by atoms with van der Waals surface area (Å²) in [6.45, 7) is 0. The van der Waals surface area contributed by atoms with E-state index in [0.717, 1.165) is 4.36 Å². The van der Waals surface area contributed by atoms with Crippen LogP contribution in [-0.2, 0) is 10.8 Å². The Hall–Kier alpha value is 0.560. The number of allylic oxidation sites excluding steroid dienone is 1. The second-order valence-corrected chi connectivity index (χ2v) is 7.91. The molecule has 3 rings (SSSR count). The molecule has 0 aromatic heterocycles. The third-order valence-electron chi connectivity index (χ3n) is 2.76. The van der Waals surface area contributed by atoms with Crippen molar-refractivity contribution in [2.45, 2.75) is 14.7 Å². The quantitative estimate of drug-likeness (QED) is 0.487. The number of rotatable bonds is 0. The van der Waals surface area contributed by atoms with Gasteiger partial charge in [-0.25, -0.2) is 0 Å². The molecule has 5 atom stereocenters. The molecule has 0 N–H and O–H groups in total. The van der Waals surface area contributed by atoms with Gasteiger partial charge in [-0.15, -0.1) is 11.8 Å². The van der Waals surface area contributed by atoms with E-state index in [1.165, 1.54) is 0 Å². The number of thioether (sulfide) groups is 1. The van der Waals surface area contributed by atoms with E-state index in [2.05, 4.69) is 0 Å². The molecule has 3 aliphatic heterocycles. The van der Waals surface area contributed by atoms with Crippen LogP contribution in [0.15, 0.2) is 22.6 Å². The first-order chi connectivity index (χ1) is 6.13. The molecule has 5 heteroatoms. The molecule has 3 aliphatic rings. The molecule has 3 heterocycles. The van der Waals surface area contributed by atoms with E-state index < -0.39 is 15.0 Å². The minimum Gasteiger partial charge on any atom is -0.257 e. The molecule has 13 heavy (non-hydrogen) atoms. The van der Waals surface area contributed by atoms with Crippen molar-refractivity contribution in [1.82, 2.24) is 0 Å². The summed E-state index contributed by atoms with van der Waals surface area (Å²) in [5, 5.41) is 0.399. The number of fused-ring (bicyclic) bond motifs is 5. The van der Waals surface area contributed by atoms with Gasteiger partial charge >= 0.3 is 0 Å². The van der Waals surface area contributed by atoms with Gasteiger partial charge in [0.2, 0.25) is 0 Å². The Morgan fingerprint density at radius 2 is 2.38 bits per heavy atom. The fourth-order valence-electron chi connectivity index (χ4n) is 2.14. The molecule has 0 aromatic carbocycles. The second-order valence-electron chi connectivity index (χ2n) is 3.40. The molecule has 1 nitrogen and oxygen atoms in total. The van der Waals surface area contributed by atoms with Crippen LogP contribution in [0.5, 0.6) is 0 Å². The molecule has 0 aromatic rings. The average Bonchev–Trinajstić information content (AvgIpc) is 2.62. The lowest BCUT2D eigenvalue weighted by Crippen LogP contribution is -2.28. The zero-order valence-electron chi connectivity index (χ0n) is 6.44. The van der Waals surface area contributed by atoms with Crippen molar-refractivity contribution in [1.29, 1.82) is 0 Å². The normalized spacial score (nSPS) is 56.9. The minimum absolute atomic E-state index is 0.0972. The molecular formula is C8H6Cl2OS2. The highest BCUT2D eigenvalue weighted by molar-refractivity contribution is 8.06. The zero-order valence-corrected chi connectivity index (χ0v) is 9.59. The largest absolute Gasteiger partial charge is 0.257 e. The predicted octanol–water partition coefficient (Wildman–Crippen LogP) is 2.43. The van der Waals surface area contributed by atoms with Crippen LogP contribution < -0.4 is 0 Å². The lowest BCUT2D eigenvalue weighted by Gasteiger charge is -2.21. The molecule has 70 valence electrons. The van der Waals surface area contributed by atoms with Gasteiger partial charge in [0.05, 0.1) is 20.4 Å². The standard InChI is InChI=1S/C8H6Cl2OS2/c9-6-3-4-7(12-6)5-1-2-8(4,10)13(5)11/h1-5,7H/t4-,5?,7+,8-,13?/m0/s1. The SMILES string of the molecule is O=S1C2C=C[C@@]1(Cl)[C@H]1C=C(Cl)S[C@@H]21. The molecule has 1 fully saturated rings. The third-order valence-corrected chi connectivity index (χ3v) is 7.35. The van der Waals surface area contributed by atoms with E-state index >= 15 is 0 Å². The van der Waals surface area contributed by atoms with Crippen LogP contribution in [0.2, 0.25) is 0 Å². The summed E-state index contributed by atoms with van der Waals surface area (Å²) < 4.78 is 12.0. The monoisotopic (exact) mass is 252 g/mol. The van der Waals surface area contributed by atoms with E-state index in [0.29, 0.717) is 5.25 Å². The molecule has 1 saturated heterocycles. The lowest BCUT2D eigenvalue weighted by atomic mass is 9.94. The maximum atomic E-state index is 11.8. The van der Waals surface area contributed by atoms with Crippen molar-refractivity contribution in [3.05, 3.63) is 22.6 Å². The highest BCUT2D eigenvalue weighted by atomic mass is 35.5. The van der Waals surface area contributed by atoms with E-state index in [1.807, 2.05) is 18.2 Å². The summed E-state index contributed by atoms with van der Waals surface area (Å²) in [5.41, 5.74) is 0. The van der Waals surface area contributed by atoms with E-state index in [1.54, 1.807) is 11.8 Å². The Balaban J connectivity index is 2.13. The number of halogens is 2. The Bertz CT molecular complexity index is 365. The molecular weight excluding hydrogens is 247 g/mol. The Kier molecular flexibility index (Phi) is 1.75. The number of alkyl halides is 1. The first-order valence-corrected chi connectivity index (χ1v) is 6.81. The molecule has 2 bridgehead atoms. The fraction of sp³-hybridized carbons (Fsp3) is 0.500. The van der Waals surface area contributed by atoms with Gasteiger partial charge in [0.15, 0.2) is 0 Å². The third kappa shape index (κ3) is 0.942. The minimum atomic E-state index is -0.960. The Labute approximate surface area is 93.0 Å². The first-order valence-electron chi connectivity index (χ1n) is 3.96. The van der Waals surface area contributed by atoms with Crippen LogP contribution in [-0.4, -0.2) is 18.9 Å². The fourth-order valence-corrected chi connectivity index (χ4v) is 6.69. The highest BCUT2D eigenvalue weighted by Gasteiger charge is 2.61. The lowest BCUT2D eigenvalue weighted by molar-refractivity contribution is 0.630. The molecule has 0 saturated carbocycles. The average molecular weight is 253 g/mol. The Morgan fingerprint density at radius 1 is 1.62 bits per heavy atom. The molecule has 0 spiro atoms. The van der Waals surface area contributed by atoms with Crippen LogP contribution in [0, 0.1) is 5.92 Å². The molecule has 0 amide bonds. The molecule has 0 aliphatic carbocycles. The van der Waals surface area contributed by atoms with Gasteiger partial charge in [-0.1, -0.05) is 41.4 Å². The highest BCUT2D eigenvalue weighted by Crippen LogP contribution is 2.59. The number of hydrogen-bond acceptors (Lipinski definition) is 2. The Morgan fingerprint density at radius 3 is 3.08 bits per heavy atom. The van der Waals surface area contributed by atoms with Gasteiger partial charge in [0.1, 0.15) is 4.21 Å². The van der Waals surface area contributed by atoms with Crippen molar-refractivity contribution >= 4 is 45.8 Å². The maximum Gasteiger partial charge on any atom is 0.145 e. The predicted molar refractivity (Wildman–Crippen MR) is 58.5 cm³/mol. The van der Waals surface area contributed by atoms with Crippen LogP contribution in [0.1, 0.15) is 0 Å². The van der Waals surface area contributed by atoms with Crippen LogP contribution >= 0.6 is 35.0 Å². The first kappa shape index (κ1) is 8.84.